The van der Waals surface area contributed by atoms with Crippen molar-refractivity contribution in [3.8, 4) is 0 Å². The smallest absolute Gasteiger partial charge is 0.383 e. The van der Waals surface area contributed by atoms with E-state index in [2.05, 4.69) is 4.98 Å². The van der Waals surface area contributed by atoms with Crippen molar-refractivity contribution in [2.24, 2.45) is 0 Å². The molecule has 0 amide bonds. The highest BCUT2D eigenvalue weighted by atomic mass is 19.4. The third kappa shape index (κ3) is 2.13. The van der Waals surface area contributed by atoms with Crippen molar-refractivity contribution < 1.29 is 26.3 Å². The van der Waals surface area contributed by atoms with Crippen LogP contribution >= 0.6 is 0 Å². The lowest BCUT2D eigenvalue weighted by atomic mass is 10.1. The maximum Gasteiger partial charge on any atom is 0.422 e. The Morgan fingerprint density at radius 3 is 2.20 bits per heavy atom. The predicted molar refractivity (Wildman–Crippen MR) is 38.6 cm³/mol. The predicted octanol–water partition coefficient (Wildman–Crippen LogP) is 2.76. The third-order valence-corrected chi connectivity index (χ3v) is 1.59. The number of halogens is 6. The maximum absolute atomic E-state index is 13.0. The van der Waals surface area contributed by atoms with Crippen LogP contribution in [0.1, 0.15) is 17.6 Å². The van der Waals surface area contributed by atoms with Gasteiger partial charge in [0.25, 0.3) is 6.43 Å². The first-order valence-corrected chi connectivity index (χ1v) is 3.54. The lowest BCUT2D eigenvalue weighted by Gasteiger charge is -2.12. The minimum atomic E-state index is -5.15. The second-order valence-electron chi connectivity index (χ2n) is 2.59. The summed E-state index contributed by atoms with van der Waals surface area (Å²) in [5.74, 6) is -3.24. The second-order valence-corrected chi connectivity index (χ2v) is 2.59. The number of nitrogens with two attached hydrogens (primary N) is 1. The van der Waals surface area contributed by atoms with Gasteiger partial charge in [-0.1, -0.05) is 0 Å². The van der Waals surface area contributed by atoms with Crippen LogP contribution < -0.4 is 5.73 Å². The van der Waals surface area contributed by atoms with E-state index in [0.29, 0.717) is 0 Å². The molecule has 0 fully saturated rings. The molecule has 0 unspecified atom stereocenters. The number of anilines is 1. The zero-order chi connectivity index (χ0) is 11.8. The molecule has 0 bridgehead atoms. The summed E-state index contributed by atoms with van der Waals surface area (Å²) >= 11 is 0. The zero-order valence-corrected chi connectivity index (χ0v) is 6.95. The van der Waals surface area contributed by atoms with Crippen molar-refractivity contribution in [3.05, 3.63) is 23.1 Å². The van der Waals surface area contributed by atoms with Gasteiger partial charge in [-0.15, -0.1) is 0 Å². The van der Waals surface area contributed by atoms with E-state index in [1.807, 2.05) is 0 Å². The van der Waals surface area contributed by atoms with Gasteiger partial charge in [0.2, 0.25) is 0 Å². The highest BCUT2D eigenvalue weighted by Gasteiger charge is 2.39. The third-order valence-electron chi connectivity index (χ3n) is 1.59. The minimum Gasteiger partial charge on any atom is -0.383 e. The average molecular weight is 230 g/mol. The Balaban J connectivity index is 3.44. The highest BCUT2D eigenvalue weighted by Crippen LogP contribution is 2.37. The number of alkyl halides is 5. The second kappa shape index (κ2) is 3.59. The molecule has 0 aliphatic heterocycles. The lowest BCUT2D eigenvalue weighted by molar-refractivity contribution is -0.139. The summed E-state index contributed by atoms with van der Waals surface area (Å²) < 4.78 is 73.5. The highest BCUT2D eigenvalue weighted by molar-refractivity contribution is 5.44. The molecule has 0 saturated heterocycles. The van der Waals surface area contributed by atoms with Gasteiger partial charge in [0.05, 0.1) is 5.56 Å². The van der Waals surface area contributed by atoms with E-state index < -0.39 is 35.4 Å². The Hall–Kier alpha value is -1.47. The lowest BCUT2D eigenvalue weighted by Crippen LogP contribution is -2.15. The van der Waals surface area contributed by atoms with E-state index in [1.165, 1.54) is 0 Å². The zero-order valence-electron chi connectivity index (χ0n) is 6.95. The summed E-state index contributed by atoms with van der Waals surface area (Å²) in [4.78, 5) is 2.87. The Labute approximate surface area is 79.7 Å². The first-order chi connectivity index (χ1) is 6.75. The normalized spacial score (nSPS) is 12.2. The van der Waals surface area contributed by atoms with Crippen molar-refractivity contribution in [2.45, 2.75) is 12.6 Å². The van der Waals surface area contributed by atoms with E-state index in [4.69, 9.17) is 5.73 Å². The molecular formula is C7H4F6N2. The first-order valence-electron chi connectivity index (χ1n) is 3.54. The molecule has 1 heterocycles. The van der Waals surface area contributed by atoms with Gasteiger partial charge in [-0.25, -0.2) is 18.2 Å². The molecule has 1 rings (SSSR count). The molecule has 2 nitrogen and oxygen atoms in total. The quantitative estimate of drug-likeness (QED) is 0.753. The van der Waals surface area contributed by atoms with E-state index >= 15 is 0 Å². The summed E-state index contributed by atoms with van der Waals surface area (Å²) in [6.45, 7) is 0. The Bertz CT molecular complexity index is 372. The molecule has 2 N–H and O–H groups in total. The van der Waals surface area contributed by atoms with Gasteiger partial charge < -0.3 is 5.73 Å². The molecule has 0 atom stereocenters. The van der Waals surface area contributed by atoms with Crippen molar-refractivity contribution in [1.82, 2.24) is 4.98 Å². The largest absolute Gasteiger partial charge is 0.422 e. The Kier molecular flexibility index (Phi) is 2.78. The van der Waals surface area contributed by atoms with Crippen LogP contribution in [0.25, 0.3) is 0 Å². The van der Waals surface area contributed by atoms with Gasteiger partial charge >= 0.3 is 6.18 Å². The van der Waals surface area contributed by atoms with Gasteiger partial charge in [0.15, 0.2) is 0 Å². The van der Waals surface area contributed by atoms with Crippen LogP contribution in [0.15, 0.2) is 6.20 Å². The summed E-state index contributed by atoms with van der Waals surface area (Å²) in [7, 11) is 0. The molecule has 0 saturated carbocycles. The van der Waals surface area contributed by atoms with E-state index in [9.17, 15) is 26.3 Å². The summed E-state index contributed by atoms with van der Waals surface area (Å²) in [6, 6.07) is 0. The molecule has 0 aromatic carbocycles. The fourth-order valence-electron chi connectivity index (χ4n) is 0.939. The average Bonchev–Trinajstić information content (AvgIpc) is 2.00. The van der Waals surface area contributed by atoms with E-state index in [0.717, 1.165) is 0 Å². The number of nitrogens with zero attached hydrogens (tertiary/aromatic N) is 1. The fraction of sp³-hybridized carbons (Fsp3) is 0.286. The molecule has 1 aromatic rings. The molecule has 0 aliphatic rings. The molecule has 8 heteroatoms. The van der Waals surface area contributed by atoms with E-state index in [-0.39, 0.29) is 6.20 Å². The number of nitrogen functional groups attached to an aromatic ring is 1. The minimum absolute atomic E-state index is 0.282. The SMILES string of the molecule is Nc1ncc(C(F)F)c(F)c1C(F)(F)F. The molecule has 0 radical (unpaired) electrons. The number of pyridine rings is 1. The van der Waals surface area contributed by atoms with Gasteiger partial charge in [-0.2, -0.15) is 13.2 Å². The monoisotopic (exact) mass is 230 g/mol. The van der Waals surface area contributed by atoms with E-state index in [1.54, 1.807) is 0 Å². The number of rotatable bonds is 1. The standard InChI is InChI=1S/C7H4F6N2/c8-4-2(5(9)10)1-15-6(14)3(4)7(11,12)13/h1,5H,(H2,14,15). The van der Waals surface area contributed by atoms with Crippen molar-refractivity contribution in [3.63, 3.8) is 0 Å². The van der Waals surface area contributed by atoms with Crippen LogP contribution in [0.5, 0.6) is 0 Å². The fourth-order valence-corrected chi connectivity index (χ4v) is 0.939. The molecular weight excluding hydrogens is 226 g/mol. The van der Waals surface area contributed by atoms with Crippen molar-refractivity contribution >= 4 is 5.82 Å². The molecule has 84 valence electrons. The summed E-state index contributed by atoms with van der Waals surface area (Å²) in [5.41, 5.74) is 1.38. The molecule has 15 heavy (non-hydrogen) atoms. The van der Waals surface area contributed by atoms with Crippen LogP contribution in [-0.2, 0) is 6.18 Å². The first kappa shape index (κ1) is 11.6. The van der Waals surface area contributed by atoms with Crippen molar-refractivity contribution in [2.75, 3.05) is 5.73 Å². The molecule has 0 spiro atoms. The number of aromatic nitrogens is 1. The van der Waals surface area contributed by atoms with Gasteiger partial charge in [0.1, 0.15) is 17.2 Å². The Morgan fingerprint density at radius 2 is 1.80 bits per heavy atom. The van der Waals surface area contributed by atoms with Gasteiger partial charge in [-0.05, 0) is 0 Å². The van der Waals surface area contributed by atoms with Crippen LogP contribution in [-0.4, -0.2) is 4.98 Å². The van der Waals surface area contributed by atoms with Gasteiger partial charge in [-0.3, -0.25) is 0 Å². The number of hydrogen-bond donors (Lipinski definition) is 1. The van der Waals surface area contributed by atoms with Crippen LogP contribution in [0.4, 0.5) is 32.2 Å². The molecule has 1 aromatic heterocycles. The Morgan fingerprint density at radius 1 is 1.27 bits per heavy atom. The summed E-state index contributed by atoms with van der Waals surface area (Å²) in [6.07, 6.45) is -8.24. The topological polar surface area (TPSA) is 38.9 Å². The van der Waals surface area contributed by atoms with Gasteiger partial charge in [0, 0.05) is 6.20 Å². The maximum atomic E-state index is 13.0. The molecule has 0 aliphatic carbocycles. The van der Waals surface area contributed by atoms with Crippen LogP contribution in [0.3, 0.4) is 0 Å². The van der Waals surface area contributed by atoms with Crippen molar-refractivity contribution in [1.29, 1.82) is 0 Å². The summed E-state index contributed by atoms with van der Waals surface area (Å²) in [5, 5.41) is 0. The van der Waals surface area contributed by atoms with Crippen LogP contribution in [0.2, 0.25) is 0 Å². The van der Waals surface area contributed by atoms with Crippen LogP contribution in [0, 0.1) is 5.82 Å². The number of hydrogen-bond acceptors (Lipinski definition) is 2.